The molecule has 2 aliphatic heterocycles. The zero-order chi connectivity index (χ0) is 16.3. The van der Waals surface area contributed by atoms with Gasteiger partial charge >= 0.3 is 0 Å². The third kappa shape index (κ3) is 4.09. The van der Waals surface area contributed by atoms with Crippen LogP contribution in [-0.2, 0) is 21.4 Å². The second-order valence-corrected chi connectivity index (χ2v) is 8.33. The van der Waals surface area contributed by atoms with Crippen LogP contribution in [0, 0.1) is 12.8 Å². The molecule has 0 spiro atoms. The topological polar surface area (TPSA) is 62.7 Å². The molecule has 0 aromatic carbocycles. The van der Waals surface area contributed by atoms with Gasteiger partial charge in [-0.1, -0.05) is 6.07 Å². The van der Waals surface area contributed by atoms with E-state index < -0.39 is 10.2 Å². The molecule has 3 heterocycles. The summed E-state index contributed by atoms with van der Waals surface area (Å²) in [6.45, 7) is 5.12. The fraction of sp³-hybridized carbons (Fsp3) is 0.688. The van der Waals surface area contributed by atoms with Crippen LogP contribution >= 0.6 is 0 Å². The molecule has 0 saturated carbocycles. The Morgan fingerprint density at radius 3 is 2.70 bits per heavy atom. The SMILES string of the molecule is Cc1ccc(C[C@@H]2CCCN(S(=O)(=O)N3CCOCC3)C2)cn1. The number of rotatable bonds is 4. The highest BCUT2D eigenvalue weighted by molar-refractivity contribution is 7.86. The molecule has 0 N–H and O–H groups in total. The van der Waals surface area contributed by atoms with Crippen LogP contribution in [0.25, 0.3) is 0 Å². The van der Waals surface area contributed by atoms with Crippen molar-refractivity contribution >= 4 is 10.2 Å². The van der Waals surface area contributed by atoms with Gasteiger partial charge < -0.3 is 4.74 Å². The third-order valence-electron chi connectivity index (χ3n) is 4.60. The number of aryl methyl sites for hydroxylation is 1. The second kappa shape index (κ2) is 7.25. The smallest absolute Gasteiger partial charge is 0.282 e. The molecule has 2 saturated heterocycles. The molecule has 2 aliphatic rings. The Labute approximate surface area is 138 Å². The molecule has 0 unspecified atom stereocenters. The van der Waals surface area contributed by atoms with Gasteiger partial charge in [0.1, 0.15) is 0 Å². The highest BCUT2D eigenvalue weighted by Crippen LogP contribution is 2.24. The number of nitrogens with zero attached hydrogens (tertiary/aromatic N) is 3. The number of hydrogen-bond acceptors (Lipinski definition) is 4. The fourth-order valence-corrected chi connectivity index (χ4v) is 4.99. The molecule has 2 fully saturated rings. The molecule has 1 aromatic heterocycles. The average molecular weight is 339 g/mol. The first-order valence-corrected chi connectivity index (χ1v) is 9.70. The maximum absolute atomic E-state index is 12.8. The Kier molecular flexibility index (Phi) is 5.31. The number of hydrogen-bond donors (Lipinski definition) is 0. The minimum absolute atomic E-state index is 0.365. The molecular formula is C16H25N3O3S. The van der Waals surface area contributed by atoms with Crippen LogP contribution in [-0.4, -0.2) is 61.4 Å². The van der Waals surface area contributed by atoms with Crippen LogP contribution in [0.15, 0.2) is 18.3 Å². The van der Waals surface area contributed by atoms with Gasteiger partial charge in [-0.2, -0.15) is 17.0 Å². The van der Waals surface area contributed by atoms with Gasteiger partial charge in [0.05, 0.1) is 13.2 Å². The van der Waals surface area contributed by atoms with Crippen molar-refractivity contribution in [3.05, 3.63) is 29.6 Å². The molecule has 128 valence electrons. The van der Waals surface area contributed by atoms with Gasteiger partial charge in [0.25, 0.3) is 10.2 Å². The molecular weight excluding hydrogens is 314 g/mol. The molecule has 6 nitrogen and oxygen atoms in total. The summed E-state index contributed by atoms with van der Waals surface area (Å²) in [6.07, 6.45) is 4.80. The average Bonchev–Trinajstić information content (AvgIpc) is 2.58. The number of piperidine rings is 1. The van der Waals surface area contributed by atoms with Crippen molar-refractivity contribution in [1.82, 2.24) is 13.6 Å². The predicted molar refractivity (Wildman–Crippen MR) is 88.3 cm³/mol. The predicted octanol–water partition coefficient (Wildman–Crippen LogP) is 1.22. The maximum Gasteiger partial charge on any atom is 0.282 e. The van der Waals surface area contributed by atoms with Crippen molar-refractivity contribution < 1.29 is 13.2 Å². The summed E-state index contributed by atoms with van der Waals surface area (Å²) in [6, 6.07) is 4.11. The molecule has 0 aliphatic carbocycles. The van der Waals surface area contributed by atoms with Crippen molar-refractivity contribution in [2.24, 2.45) is 5.92 Å². The van der Waals surface area contributed by atoms with E-state index in [0.717, 1.165) is 25.0 Å². The van der Waals surface area contributed by atoms with Gasteiger partial charge in [0.2, 0.25) is 0 Å². The van der Waals surface area contributed by atoms with Crippen molar-refractivity contribution in [1.29, 1.82) is 0 Å². The molecule has 1 atom stereocenters. The van der Waals surface area contributed by atoms with Crippen LogP contribution in [0.1, 0.15) is 24.1 Å². The quantitative estimate of drug-likeness (QED) is 0.827. The highest BCUT2D eigenvalue weighted by Gasteiger charge is 2.34. The minimum atomic E-state index is -3.35. The first-order chi connectivity index (χ1) is 11.1. The Bertz CT molecular complexity index is 612. The van der Waals surface area contributed by atoms with Gasteiger partial charge in [-0.25, -0.2) is 0 Å². The zero-order valence-electron chi connectivity index (χ0n) is 13.6. The van der Waals surface area contributed by atoms with Crippen LogP contribution < -0.4 is 0 Å². The second-order valence-electron chi connectivity index (χ2n) is 6.40. The summed E-state index contributed by atoms with van der Waals surface area (Å²) in [4.78, 5) is 4.33. The lowest BCUT2D eigenvalue weighted by atomic mass is 9.93. The van der Waals surface area contributed by atoms with E-state index in [2.05, 4.69) is 11.1 Å². The Hall–Kier alpha value is -1.02. The van der Waals surface area contributed by atoms with E-state index in [0.29, 0.717) is 45.3 Å². The molecule has 1 aromatic rings. The Morgan fingerprint density at radius 1 is 1.22 bits per heavy atom. The van der Waals surface area contributed by atoms with E-state index in [-0.39, 0.29) is 0 Å². The first kappa shape index (κ1) is 16.8. The first-order valence-electron chi connectivity index (χ1n) is 8.30. The van der Waals surface area contributed by atoms with Crippen molar-refractivity contribution in [3.63, 3.8) is 0 Å². The molecule has 0 bridgehead atoms. The summed E-state index contributed by atoms with van der Waals surface area (Å²) in [5.41, 5.74) is 2.19. The monoisotopic (exact) mass is 339 g/mol. The number of morpholine rings is 1. The van der Waals surface area contributed by atoms with Gasteiger partial charge in [0, 0.05) is 38.1 Å². The number of ether oxygens (including phenoxy) is 1. The normalized spacial score (nSPS) is 24.7. The molecule has 7 heteroatoms. The van der Waals surface area contributed by atoms with Crippen LogP contribution in [0.5, 0.6) is 0 Å². The van der Waals surface area contributed by atoms with Crippen molar-refractivity contribution in [2.45, 2.75) is 26.2 Å². The van der Waals surface area contributed by atoms with Crippen LogP contribution in [0.4, 0.5) is 0 Å². The summed E-state index contributed by atoms with van der Waals surface area (Å²) in [5, 5.41) is 0. The van der Waals surface area contributed by atoms with Crippen molar-refractivity contribution in [2.75, 3.05) is 39.4 Å². The van der Waals surface area contributed by atoms with E-state index in [4.69, 9.17) is 4.74 Å². The van der Waals surface area contributed by atoms with E-state index >= 15 is 0 Å². The number of pyridine rings is 1. The molecule has 0 amide bonds. The lowest BCUT2D eigenvalue weighted by molar-refractivity contribution is 0.0691. The molecule has 23 heavy (non-hydrogen) atoms. The zero-order valence-corrected chi connectivity index (χ0v) is 14.5. The minimum Gasteiger partial charge on any atom is -0.379 e. The third-order valence-corrected chi connectivity index (χ3v) is 6.60. The van der Waals surface area contributed by atoms with Crippen molar-refractivity contribution in [3.8, 4) is 0 Å². The summed E-state index contributed by atoms with van der Waals surface area (Å²) < 4.78 is 34.0. The summed E-state index contributed by atoms with van der Waals surface area (Å²) in [5.74, 6) is 0.365. The van der Waals surface area contributed by atoms with Gasteiger partial charge in [0.15, 0.2) is 0 Å². The van der Waals surface area contributed by atoms with Crippen LogP contribution in [0.3, 0.4) is 0 Å². The largest absolute Gasteiger partial charge is 0.379 e. The lowest BCUT2D eigenvalue weighted by Gasteiger charge is -2.36. The van der Waals surface area contributed by atoms with E-state index in [1.807, 2.05) is 19.2 Å². The summed E-state index contributed by atoms with van der Waals surface area (Å²) >= 11 is 0. The van der Waals surface area contributed by atoms with Gasteiger partial charge in [-0.05, 0) is 43.7 Å². The number of aromatic nitrogens is 1. The Balaban J connectivity index is 1.64. The van der Waals surface area contributed by atoms with Gasteiger partial charge in [-0.15, -0.1) is 0 Å². The fourth-order valence-electron chi connectivity index (χ4n) is 3.30. The Morgan fingerprint density at radius 2 is 2.00 bits per heavy atom. The van der Waals surface area contributed by atoms with E-state index in [1.165, 1.54) is 5.56 Å². The lowest BCUT2D eigenvalue weighted by Crippen LogP contribution is -2.51. The highest BCUT2D eigenvalue weighted by atomic mass is 32.2. The standard InChI is InChI=1S/C16H25N3O3S/c1-14-4-5-15(12-17-14)11-16-3-2-6-19(13-16)23(20,21)18-7-9-22-10-8-18/h4-5,12,16H,2-3,6-11,13H2,1H3/t16-/m0/s1. The summed E-state index contributed by atoms with van der Waals surface area (Å²) in [7, 11) is -3.35. The maximum atomic E-state index is 12.8. The van der Waals surface area contributed by atoms with E-state index in [1.54, 1.807) is 8.61 Å². The molecule has 3 rings (SSSR count). The van der Waals surface area contributed by atoms with E-state index in [9.17, 15) is 8.42 Å². The van der Waals surface area contributed by atoms with Gasteiger partial charge in [-0.3, -0.25) is 4.98 Å². The molecule has 0 radical (unpaired) electrons. The van der Waals surface area contributed by atoms with Crippen LogP contribution in [0.2, 0.25) is 0 Å².